The molecule has 1 atom stereocenters. The lowest BCUT2D eigenvalue weighted by molar-refractivity contribution is -0.117. The number of primary amides is 1. The first-order valence-electron chi connectivity index (χ1n) is 8.71. The van der Waals surface area contributed by atoms with Crippen LogP contribution in [0.1, 0.15) is 35.8 Å². The number of hydrogen-bond donors (Lipinski definition) is 3. The van der Waals surface area contributed by atoms with Crippen molar-refractivity contribution in [2.24, 2.45) is 5.73 Å². The van der Waals surface area contributed by atoms with Crippen molar-refractivity contribution in [3.05, 3.63) is 42.2 Å². The molecule has 1 aliphatic heterocycles. The minimum absolute atomic E-state index is 0.240. The molecule has 0 bridgehead atoms. The highest BCUT2D eigenvalue weighted by molar-refractivity contribution is 7.99. The Hall–Kier alpha value is -2.32. The summed E-state index contributed by atoms with van der Waals surface area (Å²) in [6.45, 7) is 1.91. The first-order chi connectivity index (χ1) is 12.6. The Morgan fingerprint density at radius 3 is 2.96 bits per heavy atom. The molecule has 2 amide bonds. The Labute approximate surface area is 156 Å². The zero-order valence-electron chi connectivity index (χ0n) is 14.5. The van der Waals surface area contributed by atoms with Crippen LogP contribution in [0.25, 0.3) is 0 Å². The maximum absolute atomic E-state index is 12.6. The molecule has 1 aromatic carbocycles. The number of anilines is 1. The topological polar surface area (TPSA) is 102 Å². The molecule has 26 heavy (non-hydrogen) atoms. The van der Waals surface area contributed by atoms with Gasteiger partial charge in [0.05, 0.1) is 11.7 Å². The molecule has 0 aliphatic carbocycles. The average molecular weight is 373 g/mol. The van der Waals surface area contributed by atoms with Gasteiger partial charge in [-0.15, -0.1) is 11.8 Å². The molecule has 1 aliphatic rings. The summed E-state index contributed by atoms with van der Waals surface area (Å²) in [5, 5.41) is 10.7. The average Bonchev–Trinajstić information content (AvgIpc) is 3.14. The van der Waals surface area contributed by atoms with Gasteiger partial charge < -0.3 is 16.4 Å². The summed E-state index contributed by atoms with van der Waals surface area (Å²) in [6.07, 6.45) is 4.34. The van der Waals surface area contributed by atoms with Gasteiger partial charge in [-0.05, 0) is 37.6 Å². The van der Waals surface area contributed by atoms with Gasteiger partial charge in [0.1, 0.15) is 0 Å². The molecule has 7 nitrogen and oxygen atoms in total. The Bertz CT molecular complexity index is 770. The number of hydrogen-bond acceptors (Lipinski definition) is 5. The highest BCUT2D eigenvalue weighted by Crippen LogP contribution is 2.27. The molecule has 1 unspecified atom stereocenters. The molecule has 138 valence electrons. The van der Waals surface area contributed by atoms with Crippen LogP contribution in [0.5, 0.6) is 0 Å². The summed E-state index contributed by atoms with van der Waals surface area (Å²) in [5.74, 6) is 0.00291. The Balaban J connectivity index is 1.64. The van der Waals surface area contributed by atoms with E-state index in [9.17, 15) is 9.59 Å². The van der Waals surface area contributed by atoms with Crippen LogP contribution in [0, 0.1) is 0 Å². The second-order valence-corrected chi connectivity index (χ2v) is 7.33. The number of carbonyl (C=O) groups excluding carboxylic acids is 2. The van der Waals surface area contributed by atoms with Crippen LogP contribution < -0.4 is 16.4 Å². The minimum atomic E-state index is -0.332. The van der Waals surface area contributed by atoms with Gasteiger partial charge in [0.15, 0.2) is 5.69 Å². The van der Waals surface area contributed by atoms with Crippen LogP contribution in [0.3, 0.4) is 0 Å². The second kappa shape index (κ2) is 8.86. The summed E-state index contributed by atoms with van der Waals surface area (Å²) in [4.78, 5) is 24.4. The molecule has 3 rings (SSSR count). The molecule has 2 aromatic rings. The largest absolute Gasteiger partial charge is 0.370 e. The Morgan fingerprint density at radius 1 is 1.35 bits per heavy atom. The van der Waals surface area contributed by atoms with E-state index in [1.54, 1.807) is 6.07 Å². The van der Waals surface area contributed by atoms with Crippen molar-refractivity contribution in [3.63, 3.8) is 0 Å². The lowest BCUT2D eigenvalue weighted by Crippen LogP contribution is -2.32. The number of amides is 2. The van der Waals surface area contributed by atoms with E-state index in [-0.39, 0.29) is 11.8 Å². The first-order valence-corrected chi connectivity index (χ1v) is 9.69. The molecule has 4 N–H and O–H groups in total. The number of para-hydroxylation sites is 1. The van der Waals surface area contributed by atoms with Crippen LogP contribution in [-0.4, -0.2) is 40.4 Å². The smallest absolute Gasteiger partial charge is 0.276 e. The quantitative estimate of drug-likeness (QED) is 0.645. The fourth-order valence-electron chi connectivity index (χ4n) is 2.87. The Kier molecular flexibility index (Phi) is 6.30. The van der Waals surface area contributed by atoms with E-state index >= 15 is 0 Å². The predicted molar refractivity (Wildman–Crippen MR) is 102 cm³/mol. The number of piperidine rings is 1. The van der Waals surface area contributed by atoms with Crippen LogP contribution in [0.2, 0.25) is 0 Å². The number of nitrogens with one attached hydrogen (secondary N) is 2. The van der Waals surface area contributed by atoms with Gasteiger partial charge in [0, 0.05) is 29.8 Å². The fraction of sp³-hybridized carbons (Fsp3) is 0.389. The van der Waals surface area contributed by atoms with E-state index in [0.717, 1.165) is 30.8 Å². The van der Waals surface area contributed by atoms with Gasteiger partial charge in [-0.2, -0.15) is 5.10 Å². The van der Waals surface area contributed by atoms with Crippen LogP contribution >= 0.6 is 11.8 Å². The monoisotopic (exact) mass is 373 g/mol. The summed E-state index contributed by atoms with van der Waals surface area (Å²) in [5.41, 5.74) is 6.28. The molecule has 1 fully saturated rings. The number of rotatable bonds is 7. The molecule has 1 aromatic heterocycles. The van der Waals surface area contributed by atoms with E-state index in [4.69, 9.17) is 5.73 Å². The van der Waals surface area contributed by atoms with Gasteiger partial charge in [0.25, 0.3) is 5.91 Å². The van der Waals surface area contributed by atoms with E-state index in [1.807, 2.05) is 35.1 Å². The van der Waals surface area contributed by atoms with Gasteiger partial charge >= 0.3 is 0 Å². The summed E-state index contributed by atoms with van der Waals surface area (Å²) in [6, 6.07) is 9.54. The number of thioether (sulfide) groups is 1. The lowest BCUT2D eigenvalue weighted by atomic mass is 10.1. The van der Waals surface area contributed by atoms with Crippen LogP contribution in [0.15, 0.2) is 41.4 Å². The lowest BCUT2D eigenvalue weighted by Gasteiger charge is -2.22. The first kappa shape index (κ1) is 18.5. The van der Waals surface area contributed by atoms with Crippen molar-refractivity contribution in [3.8, 4) is 0 Å². The maximum Gasteiger partial charge on any atom is 0.276 e. The van der Waals surface area contributed by atoms with Crippen molar-refractivity contribution < 1.29 is 9.59 Å². The number of aromatic nitrogens is 2. The van der Waals surface area contributed by atoms with Crippen molar-refractivity contribution in [2.45, 2.75) is 30.2 Å². The molecular formula is C18H23N5O2S. The van der Waals surface area contributed by atoms with Gasteiger partial charge in [-0.25, -0.2) is 0 Å². The van der Waals surface area contributed by atoms with Crippen molar-refractivity contribution in [1.29, 1.82) is 0 Å². The zero-order valence-corrected chi connectivity index (χ0v) is 15.3. The van der Waals surface area contributed by atoms with Gasteiger partial charge in [0.2, 0.25) is 5.91 Å². The van der Waals surface area contributed by atoms with Crippen LogP contribution in [0.4, 0.5) is 5.69 Å². The number of nitrogens with zero attached hydrogens (tertiary/aromatic N) is 2. The van der Waals surface area contributed by atoms with Crippen molar-refractivity contribution in [2.75, 3.05) is 24.2 Å². The third-order valence-electron chi connectivity index (χ3n) is 4.23. The van der Waals surface area contributed by atoms with Crippen molar-refractivity contribution >= 4 is 29.3 Å². The van der Waals surface area contributed by atoms with Gasteiger partial charge in [-0.1, -0.05) is 12.1 Å². The molecule has 2 heterocycles. The predicted octanol–water partition coefficient (Wildman–Crippen LogP) is 2.03. The third-order valence-corrected chi connectivity index (χ3v) is 5.30. The molecule has 0 radical (unpaired) electrons. The van der Waals surface area contributed by atoms with Gasteiger partial charge in [-0.3, -0.25) is 14.3 Å². The second-order valence-electron chi connectivity index (χ2n) is 6.20. The highest BCUT2D eigenvalue weighted by Gasteiger charge is 2.18. The maximum atomic E-state index is 12.6. The zero-order chi connectivity index (χ0) is 18.4. The number of nitrogens with two attached hydrogens (primary N) is 1. The van der Waals surface area contributed by atoms with E-state index < -0.39 is 0 Å². The SMILES string of the molecule is NC(=O)CCSc1ccccc1NC(=O)c1ccn(C2CCCNC2)n1. The third kappa shape index (κ3) is 4.86. The highest BCUT2D eigenvalue weighted by atomic mass is 32.2. The van der Waals surface area contributed by atoms with Crippen molar-refractivity contribution in [1.82, 2.24) is 15.1 Å². The molecular weight excluding hydrogens is 350 g/mol. The minimum Gasteiger partial charge on any atom is -0.370 e. The van der Waals surface area contributed by atoms with E-state index in [2.05, 4.69) is 15.7 Å². The molecule has 1 saturated heterocycles. The normalized spacial score (nSPS) is 17.0. The summed E-state index contributed by atoms with van der Waals surface area (Å²) >= 11 is 1.49. The molecule has 8 heteroatoms. The number of carbonyl (C=O) groups is 2. The fourth-order valence-corrected chi connectivity index (χ4v) is 3.84. The number of benzene rings is 1. The summed E-state index contributed by atoms with van der Waals surface area (Å²) in [7, 11) is 0. The standard InChI is InChI=1S/C18H23N5O2S/c19-17(24)8-11-26-16-6-2-1-5-14(16)21-18(25)15-7-10-23(22-15)13-4-3-9-20-12-13/h1-2,5-7,10,13,20H,3-4,8-9,11-12H2,(H2,19,24)(H,21,25). The Morgan fingerprint density at radius 2 is 2.19 bits per heavy atom. The summed E-state index contributed by atoms with van der Waals surface area (Å²) < 4.78 is 1.87. The molecule has 0 spiro atoms. The van der Waals surface area contributed by atoms with E-state index in [1.165, 1.54) is 11.8 Å². The van der Waals surface area contributed by atoms with Crippen LogP contribution in [-0.2, 0) is 4.79 Å². The molecule has 0 saturated carbocycles. The van der Waals surface area contributed by atoms with E-state index in [0.29, 0.717) is 29.6 Å².